The second kappa shape index (κ2) is 2.74. The molecule has 2 nitrogen and oxygen atoms in total. The van der Waals surface area contributed by atoms with Crippen LogP contribution >= 0.6 is 0 Å². The minimum atomic E-state index is 0.313. The predicted molar refractivity (Wildman–Crippen MR) is 55.5 cm³/mol. The zero-order valence-electron chi connectivity index (χ0n) is 8.25. The zero-order valence-corrected chi connectivity index (χ0v) is 8.25. The van der Waals surface area contributed by atoms with Gasteiger partial charge in [-0.15, -0.1) is 0 Å². The van der Waals surface area contributed by atoms with Crippen LogP contribution in [0.1, 0.15) is 18.4 Å². The summed E-state index contributed by atoms with van der Waals surface area (Å²) in [5.41, 5.74) is 8.21. The molecule has 0 amide bonds. The molecule has 0 spiro atoms. The molecule has 0 aromatic heterocycles. The highest BCUT2D eigenvalue weighted by molar-refractivity contribution is 5.42. The molecule has 0 saturated heterocycles. The molecule has 1 aliphatic rings. The van der Waals surface area contributed by atoms with E-state index in [-0.39, 0.29) is 0 Å². The Morgan fingerprint density at radius 1 is 1.15 bits per heavy atom. The zero-order chi connectivity index (χ0) is 9.47. The molecule has 2 rings (SSSR count). The fourth-order valence-corrected chi connectivity index (χ4v) is 1.91. The Morgan fingerprint density at radius 3 is 2.08 bits per heavy atom. The van der Waals surface area contributed by atoms with Crippen molar-refractivity contribution in [1.82, 2.24) is 4.90 Å². The maximum Gasteiger partial charge on any atom is 0.0456 e. The van der Waals surface area contributed by atoms with E-state index in [4.69, 9.17) is 5.73 Å². The molecule has 1 saturated carbocycles. The molecule has 1 fully saturated rings. The van der Waals surface area contributed by atoms with Crippen molar-refractivity contribution >= 4 is 5.69 Å². The molecule has 0 atom stereocenters. The largest absolute Gasteiger partial charge is 0.399 e. The summed E-state index contributed by atoms with van der Waals surface area (Å²) < 4.78 is 0. The van der Waals surface area contributed by atoms with Crippen molar-refractivity contribution in [2.45, 2.75) is 18.4 Å². The summed E-state index contributed by atoms with van der Waals surface area (Å²) in [5.74, 6) is 0. The Labute approximate surface area is 79.4 Å². The lowest BCUT2D eigenvalue weighted by atomic mass is 10.0. The lowest BCUT2D eigenvalue weighted by Gasteiger charge is -2.24. The normalized spacial score (nSPS) is 19.0. The summed E-state index contributed by atoms with van der Waals surface area (Å²) in [6.07, 6.45) is 2.54. The van der Waals surface area contributed by atoms with Crippen LogP contribution < -0.4 is 5.73 Å². The molecule has 2 N–H and O–H groups in total. The van der Waals surface area contributed by atoms with Crippen molar-refractivity contribution in [2.24, 2.45) is 0 Å². The van der Waals surface area contributed by atoms with Crippen LogP contribution in [0.2, 0.25) is 0 Å². The minimum Gasteiger partial charge on any atom is -0.399 e. The van der Waals surface area contributed by atoms with E-state index in [9.17, 15) is 0 Å². The topological polar surface area (TPSA) is 29.3 Å². The van der Waals surface area contributed by atoms with Crippen molar-refractivity contribution in [3.05, 3.63) is 29.8 Å². The standard InChI is InChI=1S/C11H16N2/c1-13(2)11(7-8-11)9-3-5-10(12)6-4-9/h3-6H,7-8,12H2,1-2H3. The van der Waals surface area contributed by atoms with Crippen LogP contribution in [-0.2, 0) is 5.54 Å². The van der Waals surface area contributed by atoms with E-state index < -0.39 is 0 Å². The van der Waals surface area contributed by atoms with Crippen molar-refractivity contribution in [1.29, 1.82) is 0 Å². The second-order valence-electron chi connectivity index (χ2n) is 4.05. The van der Waals surface area contributed by atoms with Gasteiger partial charge in [0.25, 0.3) is 0 Å². The van der Waals surface area contributed by atoms with Crippen molar-refractivity contribution in [2.75, 3.05) is 19.8 Å². The monoisotopic (exact) mass is 176 g/mol. The Bertz CT molecular complexity index is 296. The van der Waals surface area contributed by atoms with Crippen LogP contribution in [0.15, 0.2) is 24.3 Å². The fraction of sp³-hybridized carbons (Fsp3) is 0.455. The van der Waals surface area contributed by atoms with Gasteiger partial charge >= 0.3 is 0 Å². The molecule has 0 bridgehead atoms. The highest BCUT2D eigenvalue weighted by Crippen LogP contribution is 2.49. The van der Waals surface area contributed by atoms with E-state index in [2.05, 4.69) is 31.1 Å². The van der Waals surface area contributed by atoms with Crippen LogP contribution in [0.4, 0.5) is 5.69 Å². The highest BCUT2D eigenvalue weighted by Gasteiger charge is 2.46. The van der Waals surface area contributed by atoms with E-state index in [0.29, 0.717) is 5.54 Å². The summed E-state index contributed by atoms with van der Waals surface area (Å²) in [6, 6.07) is 8.25. The number of anilines is 1. The van der Waals surface area contributed by atoms with Gasteiger partial charge in [0.15, 0.2) is 0 Å². The van der Waals surface area contributed by atoms with Crippen LogP contribution in [0, 0.1) is 0 Å². The average molecular weight is 176 g/mol. The quantitative estimate of drug-likeness (QED) is 0.696. The first-order valence-electron chi connectivity index (χ1n) is 4.69. The predicted octanol–water partition coefficient (Wildman–Crippen LogP) is 1.82. The number of hydrogen-bond donors (Lipinski definition) is 1. The average Bonchev–Trinajstić information content (AvgIpc) is 2.86. The van der Waals surface area contributed by atoms with Crippen LogP contribution in [0.3, 0.4) is 0 Å². The van der Waals surface area contributed by atoms with Gasteiger partial charge in [0, 0.05) is 11.2 Å². The third-order valence-electron chi connectivity index (χ3n) is 3.03. The first-order chi connectivity index (χ1) is 6.15. The lowest BCUT2D eigenvalue weighted by Crippen LogP contribution is -2.27. The van der Waals surface area contributed by atoms with Gasteiger partial charge in [0.2, 0.25) is 0 Å². The molecule has 1 aromatic rings. The Kier molecular flexibility index (Phi) is 1.81. The number of hydrogen-bond acceptors (Lipinski definition) is 2. The van der Waals surface area contributed by atoms with E-state index in [1.807, 2.05) is 12.1 Å². The van der Waals surface area contributed by atoms with E-state index in [0.717, 1.165) is 5.69 Å². The number of nitrogens with two attached hydrogens (primary N) is 1. The van der Waals surface area contributed by atoms with Crippen LogP contribution in [0.5, 0.6) is 0 Å². The Morgan fingerprint density at radius 2 is 1.69 bits per heavy atom. The third kappa shape index (κ3) is 1.31. The Balaban J connectivity index is 2.31. The van der Waals surface area contributed by atoms with Gasteiger partial charge in [0.05, 0.1) is 0 Å². The van der Waals surface area contributed by atoms with Crippen molar-refractivity contribution < 1.29 is 0 Å². The molecule has 0 heterocycles. The Hall–Kier alpha value is -1.02. The smallest absolute Gasteiger partial charge is 0.0456 e. The third-order valence-corrected chi connectivity index (χ3v) is 3.03. The van der Waals surface area contributed by atoms with Crippen LogP contribution in [-0.4, -0.2) is 19.0 Å². The summed E-state index contributed by atoms with van der Waals surface area (Å²) in [5, 5.41) is 0. The van der Waals surface area contributed by atoms with E-state index in [1.165, 1.54) is 18.4 Å². The van der Waals surface area contributed by atoms with Gasteiger partial charge in [-0.3, -0.25) is 4.90 Å². The first-order valence-corrected chi connectivity index (χ1v) is 4.69. The number of benzene rings is 1. The molecule has 0 unspecified atom stereocenters. The summed E-state index contributed by atoms with van der Waals surface area (Å²) in [6.45, 7) is 0. The van der Waals surface area contributed by atoms with E-state index in [1.54, 1.807) is 0 Å². The molecule has 2 heteroatoms. The number of nitrogens with zero attached hydrogens (tertiary/aromatic N) is 1. The molecule has 1 aliphatic carbocycles. The SMILES string of the molecule is CN(C)C1(c2ccc(N)cc2)CC1. The molecular formula is C11H16N2. The first kappa shape index (κ1) is 8.57. The van der Waals surface area contributed by atoms with Gasteiger partial charge < -0.3 is 5.73 Å². The minimum absolute atomic E-state index is 0.313. The maximum atomic E-state index is 5.65. The number of rotatable bonds is 2. The van der Waals surface area contributed by atoms with Gasteiger partial charge in [-0.25, -0.2) is 0 Å². The van der Waals surface area contributed by atoms with Gasteiger partial charge in [-0.05, 0) is 44.6 Å². The van der Waals surface area contributed by atoms with Gasteiger partial charge in [-0.2, -0.15) is 0 Å². The number of nitrogen functional groups attached to an aromatic ring is 1. The summed E-state index contributed by atoms with van der Waals surface area (Å²) >= 11 is 0. The summed E-state index contributed by atoms with van der Waals surface area (Å²) in [7, 11) is 4.28. The molecule has 1 aromatic carbocycles. The van der Waals surface area contributed by atoms with Gasteiger partial charge in [-0.1, -0.05) is 12.1 Å². The highest BCUT2D eigenvalue weighted by atomic mass is 15.2. The van der Waals surface area contributed by atoms with Crippen molar-refractivity contribution in [3.63, 3.8) is 0 Å². The summed E-state index contributed by atoms with van der Waals surface area (Å²) in [4.78, 5) is 2.30. The van der Waals surface area contributed by atoms with Gasteiger partial charge in [0.1, 0.15) is 0 Å². The van der Waals surface area contributed by atoms with Crippen molar-refractivity contribution in [3.8, 4) is 0 Å². The maximum absolute atomic E-state index is 5.65. The molecule has 0 aliphatic heterocycles. The van der Waals surface area contributed by atoms with Crippen LogP contribution in [0.25, 0.3) is 0 Å². The molecule has 0 radical (unpaired) electrons. The molecule has 13 heavy (non-hydrogen) atoms. The van der Waals surface area contributed by atoms with E-state index >= 15 is 0 Å². The lowest BCUT2D eigenvalue weighted by molar-refractivity contribution is 0.276. The fourth-order valence-electron chi connectivity index (χ4n) is 1.91. The molecular weight excluding hydrogens is 160 g/mol. The molecule has 70 valence electrons. The second-order valence-corrected chi connectivity index (χ2v) is 4.05.